The standard InChI is InChI=1S/C13H16ClN3O/c1-13(2,16-12(18)7-14)9-4-5-11-10(6-9)15-8-17(11)3/h4-6,8H,7H2,1-3H3,(H,16,18). The van der Waals surface area contributed by atoms with Gasteiger partial charge in [0, 0.05) is 7.05 Å². The number of carbonyl (C=O) groups is 1. The third-order valence-electron chi connectivity index (χ3n) is 3.02. The first-order valence-corrected chi connectivity index (χ1v) is 6.26. The van der Waals surface area contributed by atoms with Gasteiger partial charge in [-0.25, -0.2) is 4.98 Å². The number of imidazole rings is 1. The highest BCUT2D eigenvalue weighted by molar-refractivity contribution is 6.27. The summed E-state index contributed by atoms with van der Waals surface area (Å²) < 4.78 is 1.96. The van der Waals surface area contributed by atoms with Crippen molar-refractivity contribution >= 4 is 28.5 Å². The van der Waals surface area contributed by atoms with E-state index in [2.05, 4.69) is 10.3 Å². The molecule has 0 atom stereocenters. The van der Waals surface area contributed by atoms with Crippen LogP contribution in [0.2, 0.25) is 0 Å². The van der Waals surface area contributed by atoms with Gasteiger partial charge in [0.25, 0.3) is 0 Å². The molecule has 0 bridgehead atoms. The van der Waals surface area contributed by atoms with Crippen LogP contribution in [0.1, 0.15) is 19.4 Å². The van der Waals surface area contributed by atoms with Gasteiger partial charge in [-0.15, -0.1) is 11.6 Å². The molecule has 0 aliphatic heterocycles. The topological polar surface area (TPSA) is 46.9 Å². The Bertz CT molecular complexity index is 589. The zero-order valence-corrected chi connectivity index (χ0v) is 11.5. The monoisotopic (exact) mass is 265 g/mol. The Morgan fingerprint density at radius 2 is 2.22 bits per heavy atom. The molecule has 0 aliphatic carbocycles. The fraction of sp³-hybridized carbons (Fsp3) is 0.385. The van der Waals surface area contributed by atoms with Crippen LogP contribution < -0.4 is 5.32 Å². The molecule has 4 nitrogen and oxygen atoms in total. The maximum absolute atomic E-state index is 11.4. The molecule has 1 N–H and O–H groups in total. The maximum Gasteiger partial charge on any atom is 0.235 e. The number of aromatic nitrogens is 2. The molecule has 0 saturated carbocycles. The lowest BCUT2D eigenvalue weighted by Crippen LogP contribution is -2.41. The molecule has 0 radical (unpaired) electrons. The van der Waals surface area contributed by atoms with Crippen LogP contribution in [0.4, 0.5) is 0 Å². The van der Waals surface area contributed by atoms with E-state index < -0.39 is 5.54 Å². The lowest BCUT2D eigenvalue weighted by atomic mass is 9.94. The van der Waals surface area contributed by atoms with Gasteiger partial charge in [0.05, 0.1) is 22.9 Å². The highest BCUT2D eigenvalue weighted by Gasteiger charge is 2.23. The van der Waals surface area contributed by atoms with Crippen molar-refractivity contribution < 1.29 is 4.79 Å². The van der Waals surface area contributed by atoms with Gasteiger partial charge in [0.1, 0.15) is 5.88 Å². The second-order valence-corrected chi connectivity index (χ2v) is 5.13. The van der Waals surface area contributed by atoms with Crippen molar-refractivity contribution in [1.82, 2.24) is 14.9 Å². The van der Waals surface area contributed by atoms with Crippen LogP contribution in [0.5, 0.6) is 0 Å². The van der Waals surface area contributed by atoms with Gasteiger partial charge in [-0.3, -0.25) is 4.79 Å². The molecular formula is C13H16ClN3O. The van der Waals surface area contributed by atoms with Crippen LogP contribution in [-0.2, 0) is 17.4 Å². The Morgan fingerprint density at radius 1 is 1.50 bits per heavy atom. The summed E-state index contributed by atoms with van der Waals surface area (Å²) in [4.78, 5) is 15.7. The molecular weight excluding hydrogens is 250 g/mol. The van der Waals surface area contributed by atoms with E-state index in [1.807, 2.05) is 43.7 Å². The molecule has 0 saturated heterocycles. The van der Waals surface area contributed by atoms with Gasteiger partial charge < -0.3 is 9.88 Å². The predicted molar refractivity (Wildman–Crippen MR) is 72.6 cm³/mol. The van der Waals surface area contributed by atoms with E-state index in [4.69, 9.17) is 11.6 Å². The summed E-state index contributed by atoms with van der Waals surface area (Å²) in [5.41, 5.74) is 2.53. The van der Waals surface area contributed by atoms with E-state index in [0.717, 1.165) is 16.6 Å². The first-order valence-electron chi connectivity index (χ1n) is 5.72. The number of nitrogens with zero attached hydrogens (tertiary/aromatic N) is 2. The van der Waals surface area contributed by atoms with Crippen molar-refractivity contribution in [1.29, 1.82) is 0 Å². The summed E-state index contributed by atoms with van der Waals surface area (Å²) in [6.45, 7) is 3.89. The largest absolute Gasteiger partial charge is 0.346 e. The Morgan fingerprint density at radius 3 is 2.89 bits per heavy atom. The number of benzene rings is 1. The number of aryl methyl sites for hydroxylation is 1. The molecule has 1 heterocycles. The minimum absolute atomic E-state index is 0.0325. The molecule has 0 spiro atoms. The molecule has 2 aromatic rings. The smallest absolute Gasteiger partial charge is 0.235 e. The van der Waals surface area contributed by atoms with Crippen LogP contribution in [0.15, 0.2) is 24.5 Å². The normalized spacial score (nSPS) is 11.8. The second kappa shape index (κ2) is 4.61. The Balaban J connectivity index is 2.37. The molecule has 1 amide bonds. The van der Waals surface area contributed by atoms with Crippen LogP contribution in [-0.4, -0.2) is 21.3 Å². The highest BCUT2D eigenvalue weighted by Crippen LogP contribution is 2.23. The van der Waals surface area contributed by atoms with Crippen molar-refractivity contribution in [3.63, 3.8) is 0 Å². The number of rotatable bonds is 3. The van der Waals surface area contributed by atoms with Crippen molar-refractivity contribution in [2.45, 2.75) is 19.4 Å². The summed E-state index contributed by atoms with van der Waals surface area (Å²) in [6, 6.07) is 5.99. The van der Waals surface area contributed by atoms with Gasteiger partial charge in [0.2, 0.25) is 5.91 Å². The number of alkyl halides is 1. The lowest BCUT2D eigenvalue weighted by Gasteiger charge is -2.26. The van der Waals surface area contributed by atoms with E-state index >= 15 is 0 Å². The van der Waals surface area contributed by atoms with E-state index in [9.17, 15) is 4.79 Å². The maximum atomic E-state index is 11.4. The quantitative estimate of drug-likeness (QED) is 0.865. The Labute approximate surface area is 111 Å². The predicted octanol–water partition coefficient (Wildman–Crippen LogP) is 2.16. The van der Waals surface area contributed by atoms with Crippen molar-refractivity contribution in [2.24, 2.45) is 7.05 Å². The number of hydrogen-bond acceptors (Lipinski definition) is 2. The van der Waals surface area contributed by atoms with Crippen LogP contribution in [0.3, 0.4) is 0 Å². The Kier molecular flexibility index (Phi) is 3.30. The van der Waals surface area contributed by atoms with Crippen molar-refractivity contribution in [2.75, 3.05) is 5.88 Å². The molecule has 0 fully saturated rings. The highest BCUT2D eigenvalue weighted by atomic mass is 35.5. The van der Waals surface area contributed by atoms with Gasteiger partial charge >= 0.3 is 0 Å². The van der Waals surface area contributed by atoms with Crippen LogP contribution in [0.25, 0.3) is 11.0 Å². The lowest BCUT2D eigenvalue weighted by molar-refractivity contribution is -0.120. The van der Waals surface area contributed by atoms with E-state index in [0.29, 0.717) is 0 Å². The number of fused-ring (bicyclic) bond motifs is 1. The molecule has 1 aromatic carbocycles. The summed E-state index contributed by atoms with van der Waals surface area (Å²) in [5, 5.41) is 2.89. The number of amides is 1. The summed E-state index contributed by atoms with van der Waals surface area (Å²) in [7, 11) is 1.95. The minimum atomic E-state index is -0.461. The molecule has 2 rings (SSSR count). The SMILES string of the molecule is Cn1cnc2cc(C(C)(C)NC(=O)CCl)ccc21. The summed E-state index contributed by atoms with van der Waals surface area (Å²) in [6.07, 6.45) is 1.78. The van der Waals surface area contributed by atoms with E-state index in [-0.39, 0.29) is 11.8 Å². The average Bonchev–Trinajstić information content (AvgIpc) is 2.70. The molecule has 1 aromatic heterocycles. The third-order valence-corrected chi connectivity index (χ3v) is 3.26. The van der Waals surface area contributed by atoms with Crippen LogP contribution in [0, 0.1) is 0 Å². The molecule has 0 unspecified atom stereocenters. The van der Waals surface area contributed by atoms with E-state index in [1.165, 1.54) is 0 Å². The van der Waals surface area contributed by atoms with Gasteiger partial charge in [-0.05, 0) is 31.5 Å². The first-order chi connectivity index (χ1) is 8.44. The van der Waals surface area contributed by atoms with Gasteiger partial charge in [-0.1, -0.05) is 6.07 Å². The number of nitrogens with one attached hydrogen (secondary N) is 1. The minimum Gasteiger partial charge on any atom is -0.346 e. The van der Waals surface area contributed by atoms with Gasteiger partial charge in [-0.2, -0.15) is 0 Å². The molecule has 96 valence electrons. The van der Waals surface area contributed by atoms with Crippen molar-refractivity contribution in [3.8, 4) is 0 Å². The summed E-state index contributed by atoms with van der Waals surface area (Å²) >= 11 is 5.52. The first kappa shape index (κ1) is 12.9. The molecule has 18 heavy (non-hydrogen) atoms. The zero-order valence-electron chi connectivity index (χ0n) is 10.7. The number of carbonyl (C=O) groups excluding carboxylic acids is 1. The fourth-order valence-electron chi connectivity index (χ4n) is 1.98. The Hall–Kier alpha value is -1.55. The van der Waals surface area contributed by atoms with E-state index in [1.54, 1.807) is 6.33 Å². The summed E-state index contributed by atoms with van der Waals surface area (Å²) in [5.74, 6) is -0.210. The number of halogens is 1. The number of hydrogen-bond donors (Lipinski definition) is 1. The van der Waals surface area contributed by atoms with Gasteiger partial charge in [0.15, 0.2) is 0 Å². The van der Waals surface area contributed by atoms with Crippen molar-refractivity contribution in [3.05, 3.63) is 30.1 Å². The third kappa shape index (κ3) is 2.34. The molecule has 5 heteroatoms. The van der Waals surface area contributed by atoms with Crippen LogP contribution >= 0.6 is 11.6 Å². The second-order valence-electron chi connectivity index (χ2n) is 4.87. The molecule has 0 aliphatic rings. The fourth-order valence-corrected chi connectivity index (χ4v) is 2.05. The average molecular weight is 266 g/mol. The zero-order chi connectivity index (χ0) is 13.3.